The second kappa shape index (κ2) is 9.69. The minimum atomic E-state index is -4.52. The van der Waals surface area contributed by atoms with Crippen molar-refractivity contribution >= 4 is 46.3 Å². The van der Waals surface area contributed by atoms with E-state index in [1.807, 2.05) is 0 Å². The van der Waals surface area contributed by atoms with Crippen molar-refractivity contribution in [3.8, 4) is 11.3 Å². The quantitative estimate of drug-likeness (QED) is 0.299. The third-order valence-electron chi connectivity index (χ3n) is 4.54. The van der Waals surface area contributed by atoms with Crippen molar-refractivity contribution in [1.82, 2.24) is 4.90 Å². The Bertz CT molecular complexity index is 1030. The molecule has 0 radical (unpaired) electrons. The van der Waals surface area contributed by atoms with Gasteiger partial charge in [-0.15, -0.1) is 0 Å². The van der Waals surface area contributed by atoms with Gasteiger partial charge in [0.25, 0.3) is 5.91 Å². The number of amides is 1. The number of halogens is 3. The van der Waals surface area contributed by atoms with Gasteiger partial charge in [-0.3, -0.25) is 14.5 Å². The van der Waals surface area contributed by atoms with E-state index >= 15 is 0 Å². The Balaban J connectivity index is 1.70. The summed E-state index contributed by atoms with van der Waals surface area (Å²) < 4.78 is 45.7. The van der Waals surface area contributed by atoms with Gasteiger partial charge in [0.1, 0.15) is 15.8 Å². The van der Waals surface area contributed by atoms with E-state index in [4.69, 9.17) is 21.7 Å². The summed E-state index contributed by atoms with van der Waals surface area (Å²) in [6.07, 6.45) is -1.18. The molecule has 1 aromatic carbocycles. The molecule has 0 aliphatic carbocycles. The average Bonchev–Trinajstić information content (AvgIpc) is 3.26. The molecule has 31 heavy (non-hydrogen) atoms. The first-order valence-corrected chi connectivity index (χ1v) is 10.6. The topological polar surface area (TPSA) is 70.8 Å². The third-order valence-corrected chi connectivity index (χ3v) is 5.92. The third kappa shape index (κ3) is 5.76. The molecule has 5 nitrogen and oxygen atoms in total. The van der Waals surface area contributed by atoms with Crippen molar-refractivity contribution in [3.63, 3.8) is 0 Å². The van der Waals surface area contributed by atoms with Crippen LogP contribution in [0.5, 0.6) is 0 Å². The summed E-state index contributed by atoms with van der Waals surface area (Å²) in [6, 6.07) is 8.05. The first-order chi connectivity index (χ1) is 14.7. The van der Waals surface area contributed by atoms with Gasteiger partial charge in [0.2, 0.25) is 0 Å². The number of rotatable bonds is 8. The lowest BCUT2D eigenvalue weighted by molar-refractivity contribution is -0.138. The van der Waals surface area contributed by atoms with Crippen LogP contribution in [0, 0.1) is 0 Å². The summed E-state index contributed by atoms with van der Waals surface area (Å²) in [5.41, 5.74) is -0.881. The van der Waals surface area contributed by atoms with Crippen molar-refractivity contribution in [1.29, 1.82) is 0 Å². The molecule has 1 aliphatic heterocycles. The van der Waals surface area contributed by atoms with Crippen LogP contribution in [0.4, 0.5) is 13.2 Å². The van der Waals surface area contributed by atoms with Crippen LogP contribution in [0.2, 0.25) is 0 Å². The predicted octanol–water partition coefficient (Wildman–Crippen LogP) is 5.81. The van der Waals surface area contributed by atoms with Gasteiger partial charge in [-0.2, -0.15) is 13.2 Å². The van der Waals surface area contributed by atoms with Gasteiger partial charge in [-0.1, -0.05) is 48.6 Å². The van der Waals surface area contributed by atoms with Crippen molar-refractivity contribution in [2.75, 3.05) is 6.54 Å². The maximum atomic E-state index is 13.2. The Kier molecular flexibility index (Phi) is 7.22. The molecule has 0 atom stereocenters. The van der Waals surface area contributed by atoms with Crippen LogP contribution in [0.15, 0.2) is 45.7 Å². The Morgan fingerprint density at radius 3 is 2.61 bits per heavy atom. The SMILES string of the molecule is O=C(O)CCCCCN1C(=O)/C(=C/c2ccc(-c3ccccc3C(F)(F)F)o2)SC1=S. The highest BCUT2D eigenvalue weighted by Gasteiger charge is 2.34. The van der Waals surface area contributed by atoms with E-state index in [1.165, 1.54) is 41.3 Å². The van der Waals surface area contributed by atoms with Crippen LogP contribution in [0.3, 0.4) is 0 Å². The summed E-state index contributed by atoms with van der Waals surface area (Å²) in [6.45, 7) is 0.379. The second-order valence-electron chi connectivity index (χ2n) is 6.78. The molecule has 1 N–H and O–H groups in total. The lowest BCUT2D eigenvalue weighted by atomic mass is 10.1. The Morgan fingerprint density at radius 1 is 1.16 bits per heavy atom. The van der Waals surface area contributed by atoms with Crippen LogP contribution < -0.4 is 0 Å². The van der Waals surface area contributed by atoms with E-state index in [-0.39, 0.29) is 29.4 Å². The number of carboxylic acids is 1. The van der Waals surface area contributed by atoms with Gasteiger partial charge in [-0.05, 0) is 31.0 Å². The molecule has 1 amide bonds. The average molecular weight is 470 g/mol. The van der Waals surface area contributed by atoms with Crippen molar-refractivity contribution in [3.05, 3.63) is 52.6 Å². The fourth-order valence-corrected chi connectivity index (χ4v) is 4.35. The van der Waals surface area contributed by atoms with E-state index in [2.05, 4.69) is 0 Å². The summed E-state index contributed by atoms with van der Waals surface area (Å²) in [7, 11) is 0. The van der Waals surface area contributed by atoms with E-state index < -0.39 is 17.7 Å². The molecule has 1 fully saturated rings. The zero-order valence-corrected chi connectivity index (χ0v) is 17.8. The maximum Gasteiger partial charge on any atom is 0.417 e. The van der Waals surface area contributed by atoms with Crippen LogP contribution >= 0.6 is 24.0 Å². The molecule has 2 heterocycles. The Morgan fingerprint density at radius 2 is 1.90 bits per heavy atom. The van der Waals surface area contributed by atoms with Gasteiger partial charge in [-0.25, -0.2) is 0 Å². The van der Waals surface area contributed by atoms with Gasteiger partial charge in [0.15, 0.2) is 0 Å². The molecule has 1 saturated heterocycles. The number of carbonyl (C=O) groups is 2. The number of furan rings is 1. The van der Waals surface area contributed by atoms with Crippen LogP contribution in [0.1, 0.15) is 37.0 Å². The second-order valence-corrected chi connectivity index (χ2v) is 8.46. The highest BCUT2D eigenvalue weighted by atomic mass is 32.2. The molecule has 0 bridgehead atoms. The van der Waals surface area contributed by atoms with Gasteiger partial charge >= 0.3 is 12.1 Å². The Labute approximate surface area is 185 Å². The number of aliphatic carboxylic acids is 1. The Hall–Kier alpha value is -2.59. The number of alkyl halides is 3. The van der Waals surface area contributed by atoms with Crippen LogP contribution in [0.25, 0.3) is 17.4 Å². The molecule has 164 valence electrons. The molecule has 1 aromatic heterocycles. The highest BCUT2D eigenvalue weighted by molar-refractivity contribution is 8.26. The van der Waals surface area contributed by atoms with E-state index in [1.54, 1.807) is 0 Å². The smallest absolute Gasteiger partial charge is 0.417 e. The molecule has 0 spiro atoms. The van der Waals surface area contributed by atoms with Crippen molar-refractivity contribution in [2.24, 2.45) is 0 Å². The first kappa shape index (κ1) is 23.1. The molecule has 0 unspecified atom stereocenters. The van der Waals surface area contributed by atoms with Crippen LogP contribution in [-0.2, 0) is 15.8 Å². The fourth-order valence-electron chi connectivity index (χ4n) is 3.07. The lowest BCUT2D eigenvalue weighted by Crippen LogP contribution is -2.29. The number of benzene rings is 1. The molecule has 3 rings (SSSR count). The van der Waals surface area contributed by atoms with Crippen LogP contribution in [-0.4, -0.2) is 32.7 Å². The van der Waals surface area contributed by atoms with Crippen molar-refractivity contribution in [2.45, 2.75) is 31.9 Å². The minimum Gasteiger partial charge on any atom is -0.481 e. The zero-order valence-electron chi connectivity index (χ0n) is 16.1. The van der Waals surface area contributed by atoms with Gasteiger partial charge < -0.3 is 9.52 Å². The summed E-state index contributed by atoms with van der Waals surface area (Å²) in [5.74, 6) is -0.867. The molecule has 1 aliphatic rings. The molecular formula is C21H18F3NO4S2. The van der Waals surface area contributed by atoms with Crippen molar-refractivity contribution < 1.29 is 32.3 Å². The predicted molar refractivity (Wildman–Crippen MR) is 115 cm³/mol. The maximum absolute atomic E-state index is 13.2. The number of thioether (sulfide) groups is 1. The molecular weight excluding hydrogens is 451 g/mol. The van der Waals surface area contributed by atoms with E-state index in [0.29, 0.717) is 35.0 Å². The van der Waals surface area contributed by atoms with Gasteiger partial charge in [0.05, 0.1) is 10.5 Å². The number of hydrogen-bond acceptors (Lipinski definition) is 5. The normalized spacial score (nSPS) is 15.8. The lowest BCUT2D eigenvalue weighted by Gasteiger charge is -2.13. The summed E-state index contributed by atoms with van der Waals surface area (Å²) in [4.78, 5) is 24.9. The van der Waals surface area contributed by atoms with Gasteiger partial charge in [0, 0.05) is 24.6 Å². The standard InChI is InChI=1S/C21H18F3NO4S2/c22-21(23,24)15-7-4-3-6-14(15)16-10-9-13(29-16)12-17-19(28)25(20(30)31-17)11-5-1-2-8-18(26)27/h3-4,6-7,9-10,12H,1-2,5,8,11H2,(H,26,27)/b17-12-. The fraction of sp³-hybridized carbons (Fsp3) is 0.286. The first-order valence-electron chi connectivity index (χ1n) is 9.40. The number of carboxylic acid groups (broad SMARTS) is 1. The molecule has 0 saturated carbocycles. The number of carbonyl (C=O) groups excluding carboxylic acids is 1. The number of hydrogen-bond donors (Lipinski definition) is 1. The number of thiocarbonyl (C=S) groups is 1. The monoisotopic (exact) mass is 469 g/mol. The summed E-state index contributed by atoms with van der Waals surface area (Å²) in [5, 5.41) is 8.65. The molecule has 2 aromatic rings. The number of unbranched alkanes of at least 4 members (excludes halogenated alkanes) is 2. The zero-order chi connectivity index (χ0) is 22.6. The highest BCUT2D eigenvalue weighted by Crippen LogP contribution is 2.38. The van der Waals surface area contributed by atoms with E-state index in [9.17, 15) is 22.8 Å². The summed E-state index contributed by atoms with van der Waals surface area (Å²) >= 11 is 6.34. The number of nitrogens with zero attached hydrogens (tertiary/aromatic N) is 1. The van der Waals surface area contributed by atoms with E-state index in [0.717, 1.165) is 17.8 Å². The minimum absolute atomic E-state index is 0.0492. The largest absolute Gasteiger partial charge is 0.481 e. The molecule has 10 heteroatoms.